The van der Waals surface area contributed by atoms with Crippen molar-refractivity contribution in [3.63, 3.8) is 0 Å². The van der Waals surface area contributed by atoms with E-state index in [0.29, 0.717) is 11.4 Å². The SMILES string of the molecule is c1ccc2c(-c3ccnc(-c4cocn4)c3)c3ccccc3c(-c3ccnc(-c4cocn4)c3)c2c1. The maximum absolute atomic E-state index is 5.19. The van der Waals surface area contributed by atoms with E-state index in [0.717, 1.165) is 55.2 Å². The molecule has 0 saturated carbocycles. The summed E-state index contributed by atoms with van der Waals surface area (Å²) in [4.78, 5) is 17.6. The first-order valence-electron chi connectivity index (χ1n) is 11.5. The van der Waals surface area contributed by atoms with Crippen LogP contribution in [0, 0.1) is 0 Å². The van der Waals surface area contributed by atoms with E-state index in [4.69, 9.17) is 8.83 Å². The predicted molar refractivity (Wildman–Crippen MR) is 139 cm³/mol. The van der Waals surface area contributed by atoms with Crippen LogP contribution >= 0.6 is 0 Å². The highest BCUT2D eigenvalue weighted by molar-refractivity contribution is 6.21. The molecule has 7 rings (SSSR count). The maximum atomic E-state index is 5.19. The van der Waals surface area contributed by atoms with E-state index in [-0.39, 0.29) is 0 Å². The van der Waals surface area contributed by atoms with E-state index >= 15 is 0 Å². The first kappa shape index (κ1) is 20.3. The molecule has 0 unspecified atom stereocenters. The zero-order chi connectivity index (χ0) is 23.9. The number of hydrogen-bond donors (Lipinski definition) is 0. The van der Waals surface area contributed by atoms with Crippen molar-refractivity contribution in [3.05, 3.63) is 111 Å². The summed E-state index contributed by atoms with van der Waals surface area (Å²) < 4.78 is 10.4. The Morgan fingerprint density at radius 2 is 0.861 bits per heavy atom. The van der Waals surface area contributed by atoms with Gasteiger partial charge in [-0.15, -0.1) is 0 Å². The number of fused-ring (bicyclic) bond motifs is 2. The minimum atomic E-state index is 0.708. The Bertz CT molecular complexity index is 1650. The fourth-order valence-electron chi connectivity index (χ4n) is 4.88. The van der Waals surface area contributed by atoms with Gasteiger partial charge in [-0.25, -0.2) is 9.97 Å². The Morgan fingerprint density at radius 3 is 1.22 bits per heavy atom. The van der Waals surface area contributed by atoms with E-state index in [1.54, 1.807) is 12.5 Å². The van der Waals surface area contributed by atoms with Gasteiger partial charge in [-0.3, -0.25) is 9.97 Å². The van der Waals surface area contributed by atoms with Crippen LogP contribution in [-0.4, -0.2) is 19.9 Å². The normalized spacial score (nSPS) is 11.3. The topological polar surface area (TPSA) is 77.8 Å². The van der Waals surface area contributed by atoms with Crippen molar-refractivity contribution in [2.24, 2.45) is 0 Å². The summed E-state index contributed by atoms with van der Waals surface area (Å²) in [6, 6.07) is 25.3. The van der Waals surface area contributed by atoms with Crippen molar-refractivity contribution in [1.29, 1.82) is 0 Å². The van der Waals surface area contributed by atoms with Gasteiger partial charge in [-0.1, -0.05) is 48.5 Å². The number of rotatable bonds is 4. The molecular weight excluding hydrogens is 448 g/mol. The average molecular weight is 467 g/mol. The van der Waals surface area contributed by atoms with Gasteiger partial charge in [0.15, 0.2) is 12.8 Å². The smallest absolute Gasteiger partial charge is 0.181 e. The highest BCUT2D eigenvalue weighted by Gasteiger charge is 2.18. The largest absolute Gasteiger partial charge is 0.451 e. The van der Waals surface area contributed by atoms with Gasteiger partial charge in [0.1, 0.15) is 23.9 Å². The summed E-state index contributed by atoms with van der Waals surface area (Å²) in [5.41, 5.74) is 7.40. The number of pyridine rings is 2. The van der Waals surface area contributed by atoms with Gasteiger partial charge in [-0.2, -0.15) is 0 Å². The second-order valence-electron chi connectivity index (χ2n) is 8.45. The van der Waals surface area contributed by atoms with Crippen LogP contribution in [0.4, 0.5) is 0 Å². The van der Waals surface area contributed by atoms with Crippen LogP contribution in [-0.2, 0) is 0 Å². The summed E-state index contributed by atoms with van der Waals surface area (Å²) in [7, 11) is 0. The Labute approximate surface area is 205 Å². The minimum absolute atomic E-state index is 0.708. The van der Waals surface area contributed by atoms with Crippen molar-refractivity contribution >= 4 is 21.5 Å². The lowest BCUT2D eigenvalue weighted by Crippen LogP contribution is -1.93. The molecule has 0 fully saturated rings. The summed E-state index contributed by atoms with van der Waals surface area (Å²) in [5.74, 6) is 0. The molecule has 7 aromatic rings. The molecule has 170 valence electrons. The summed E-state index contributed by atoms with van der Waals surface area (Å²) in [6.45, 7) is 0. The molecule has 0 N–H and O–H groups in total. The summed E-state index contributed by atoms with van der Waals surface area (Å²) in [5, 5.41) is 4.62. The summed E-state index contributed by atoms with van der Waals surface area (Å²) >= 11 is 0. The second kappa shape index (κ2) is 8.29. The molecule has 36 heavy (non-hydrogen) atoms. The Kier molecular flexibility index (Phi) is 4.67. The first-order valence-corrected chi connectivity index (χ1v) is 11.5. The summed E-state index contributed by atoms with van der Waals surface area (Å²) in [6.07, 6.45) is 9.72. The van der Waals surface area contributed by atoms with Crippen molar-refractivity contribution in [2.45, 2.75) is 0 Å². The Hall–Kier alpha value is -5.10. The number of oxazole rings is 2. The molecule has 0 atom stereocenters. The van der Waals surface area contributed by atoms with E-state index in [2.05, 4.69) is 80.6 Å². The molecule has 0 bridgehead atoms. The zero-order valence-electron chi connectivity index (χ0n) is 19.0. The monoisotopic (exact) mass is 466 g/mol. The lowest BCUT2D eigenvalue weighted by Gasteiger charge is -2.18. The van der Waals surface area contributed by atoms with E-state index in [1.165, 1.54) is 12.8 Å². The van der Waals surface area contributed by atoms with Crippen LogP contribution in [0.3, 0.4) is 0 Å². The van der Waals surface area contributed by atoms with Crippen LogP contribution < -0.4 is 0 Å². The molecular formula is C30H18N4O2. The van der Waals surface area contributed by atoms with Gasteiger partial charge < -0.3 is 8.83 Å². The van der Waals surface area contributed by atoms with Crippen LogP contribution in [0.25, 0.3) is 66.6 Å². The molecule has 6 heteroatoms. The quantitative estimate of drug-likeness (QED) is 0.251. The molecule has 0 amide bonds. The second-order valence-corrected chi connectivity index (χ2v) is 8.45. The molecule has 0 aliphatic carbocycles. The first-order chi connectivity index (χ1) is 17.9. The molecule has 0 spiro atoms. The van der Waals surface area contributed by atoms with Gasteiger partial charge >= 0.3 is 0 Å². The standard InChI is InChI=1S/C30H18N4O2/c1-2-6-22-21(5-1)29(19-9-11-31-25(13-19)27-15-35-17-33-27)23-7-3-4-8-24(23)30(22)20-10-12-32-26(14-20)28-16-36-18-34-28/h1-18H. The molecule has 0 aliphatic rings. The highest BCUT2D eigenvalue weighted by atomic mass is 16.3. The van der Waals surface area contributed by atoms with E-state index in [9.17, 15) is 0 Å². The van der Waals surface area contributed by atoms with Gasteiger partial charge in [0.2, 0.25) is 0 Å². The van der Waals surface area contributed by atoms with Crippen molar-refractivity contribution in [2.75, 3.05) is 0 Å². The van der Waals surface area contributed by atoms with E-state index < -0.39 is 0 Å². The molecule has 0 radical (unpaired) electrons. The number of benzene rings is 3. The number of hydrogen-bond acceptors (Lipinski definition) is 6. The molecule has 0 saturated heterocycles. The van der Waals surface area contributed by atoms with Crippen molar-refractivity contribution in [1.82, 2.24) is 19.9 Å². The van der Waals surface area contributed by atoms with Crippen LogP contribution in [0.2, 0.25) is 0 Å². The third-order valence-corrected chi connectivity index (χ3v) is 6.42. The maximum Gasteiger partial charge on any atom is 0.181 e. The fourth-order valence-corrected chi connectivity index (χ4v) is 4.88. The van der Waals surface area contributed by atoms with Gasteiger partial charge in [0, 0.05) is 12.4 Å². The molecule has 6 nitrogen and oxygen atoms in total. The lowest BCUT2D eigenvalue weighted by atomic mass is 9.86. The molecule has 3 aromatic carbocycles. The Morgan fingerprint density at radius 1 is 0.444 bits per heavy atom. The molecule has 4 heterocycles. The van der Waals surface area contributed by atoms with Crippen LogP contribution in [0.1, 0.15) is 0 Å². The minimum Gasteiger partial charge on any atom is -0.451 e. The van der Waals surface area contributed by atoms with Crippen LogP contribution in [0.15, 0.2) is 119 Å². The molecule has 4 aromatic heterocycles. The van der Waals surface area contributed by atoms with Crippen molar-refractivity contribution < 1.29 is 8.83 Å². The predicted octanol–water partition coefficient (Wildman–Crippen LogP) is 7.43. The van der Waals surface area contributed by atoms with Gasteiger partial charge in [-0.05, 0) is 68.1 Å². The fraction of sp³-hybridized carbons (Fsp3) is 0. The number of aromatic nitrogens is 4. The van der Waals surface area contributed by atoms with E-state index in [1.807, 2.05) is 24.5 Å². The third-order valence-electron chi connectivity index (χ3n) is 6.42. The lowest BCUT2D eigenvalue weighted by molar-refractivity contribution is 0.558. The molecule has 0 aliphatic heterocycles. The number of nitrogens with zero attached hydrogens (tertiary/aromatic N) is 4. The highest BCUT2D eigenvalue weighted by Crippen LogP contribution is 2.44. The third kappa shape index (κ3) is 3.27. The Balaban J connectivity index is 1.54. The van der Waals surface area contributed by atoms with Crippen molar-refractivity contribution in [3.8, 4) is 45.0 Å². The van der Waals surface area contributed by atoms with Crippen LogP contribution in [0.5, 0.6) is 0 Å². The average Bonchev–Trinajstić information content (AvgIpc) is 3.67. The van der Waals surface area contributed by atoms with Gasteiger partial charge in [0.25, 0.3) is 0 Å². The zero-order valence-corrected chi connectivity index (χ0v) is 19.0. The van der Waals surface area contributed by atoms with Gasteiger partial charge in [0.05, 0.1) is 11.4 Å².